The third-order valence-corrected chi connectivity index (χ3v) is 4.88. The van der Waals surface area contributed by atoms with E-state index >= 15 is 0 Å². The summed E-state index contributed by atoms with van der Waals surface area (Å²) in [6, 6.07) is 1.17. The molecule has 3 heterocycles. The summed E-state index contributed by atoms with van der Waals surface area (Å²) < 4.78 is 1.87. The van der Waals surface area contributed by atoms with Gasteiger partial charge in [0.15, 0.2) is 4.96 Å². The van der Waals surface area contributed by atoms with Gasteiger partial charge in [0, 0.05) is 30.2 Å². The topological polar surface area (TPSA) is 58.4 Å². The molecule has 6 heteroatoms. The highest BCUT2D eigenvalue weighted by Crippen LogP contribution is 2.40. The van der Waals surface area contributed by atoms with Gasteiger partial charge in [-0.15, -0.1) is 11.3 Å². The summed E-state index contributed by atoms with van der Waals surface area (Å²) in [5.74, 6) is 0.841. The van der Waals surface area contributed by atoms with E-state index in [1.807, 2.05) is 22.9 Å². The van der Waals surface area contributed by atoms with Gasteiger partial charge in [0.25, 0.3) is 5.91 Å². The monoisotopic (exact) mass is 276 g/mol. The molecule has 100 valence electrons. The van der Waals surface area contributed by atoms with Crippen LogP contribution in [0.3, 0.4) is 0 Å². The van der Waals surface area contributed by atoms with E-state index in [-0.39, 0.29) is 5.91 Å². The minimum atomic E-state index is -0.0224. The fraction of sp³-hybridized carbons (Fsp3) is 0.538. The first-order valence-corrected chi connectivity index (χ1v) is 7.57. The lowest BCUT2D eigenvalue weighted by Gasteiger charge is -2.13. The molecule has 4 rings (SSSR count). The molecule has 2 aromatic heterocycles. The maximum absolute atomic E-state index is 12.3. The van der Waals surface area contributed by atoms with Crippen LogP contribution in [0.15, 0.2) is 11.6 Å². The molecule has 2 fully saturated rings. The van der Waals surface area contributed by atoms with Gasteiger partial charge in [0.1, 0.15) is 5.69 Å². The van der Waals surface area contributed by atoms with Crippen LogP contribution in [0.1, 0.15) is 29.0 Å². The lowest BCUT2D eigenvalue weighted by atomic mass is 10.2. The van der Waals surface area contributed by atoms with Crippen molar-refractivity contribution >= 4 is 22.2 Å². The summed E-state index contributed by atoms with van der Waals surface area (Å²) in [6.07, 6.45) is 4.42. The predicted octanol–water partition coefficient (Wildman–Crippen LogP) is 1.18. The molecular formula is C13H16N4OS. The van der Waals surface area contributed by atoms with Gasteiger partial charge in [-0.1, -0.05) is 0 Å². The summed E-state index contributed by atoms with van der Waals surface area (Å²) in [7, 11) is 0. The number of fused-ring (bicyclic) bond motifs is 2. The smallest absolute Gasteiger partial charge is 0.270 e. The number of hydrogen-bond donors (Lipinski definition) is 2. The zero-order valence-corrected chi connectivity index (χ0v) is 11.5. The molecule has 1 saturated heterocycles. The van der Waals surface area contributed by atoms with Crippen LogP contribution >= 0.6 is 11.3 Å². The average molecular weight is 276 g/mol. The number of aryl methyl sites for hydroxylation is 1. The number of amides is 1. The molecule has 3 atom stereocenters. The van der Waals surface area contributed by atoms with Crippen LogP contribution in [0, 0.1) is 12.8 Å². The Hall–Kier alpha value is -1.40. The lowest BCUT2D eigenvalue weighted by molar-refractivity contribution is 0.0943. The SMILES string of the molecule is Cc1nc2sccn2c1C(=O)NCC1CC2C[C@@H]2N1. The molecule has 5 nitrogen and oxygen atoms in total. The molecule has 1 saturated carbocycles. The van der Waals surface area contributed by atoms with Gasteiger partial charge < -0.3 is 10.6 Å². The number of thiazole rings is 1. The number of imidazole rings is 1. The second-order valence-corrected chi connectivity index (χ2v) is 6.39. The number of hydrogen-bond acceptors (Lipinski definition) is 4. The first-order chi connectivity index (χ1) is 9.22. The molecule has 0 radical (unpaired) electrons. The Morgan fingerprint density at radius 3 is 3.32 bits per heavy atom. The molecule has 0 bridgehead atoms. The van der Waals surface area contributed by atoms with Gasteiger partial charge in [-0.2, -0.15) is 0 Å². The van der Waals surface area contributed by atoms with Crippen molar-refractivity contribution in [2.45, 2.75) is 31.8 Å². The zero-order chi connectivity index (χ0) is 13.0. The van der Waals surface area contributed by atoms with E-state index in [1.54, 1.807) is 11.3 Å². The van der Waals surface area contributed by atoms with E-state index in [9.17, 15) is 4.79 Å². The summed E-state index contributed by atoms with van der Waals surface area (Å²) in [5, 5.41) is 8.52. The van der Waals surface area contributed by atoms with Crippen molar-refractivity contribution in [2.75, 3.05) is 6.54 Å². The summed E-state index contributed by atoms with van der Waals surface area (Å²) in [5.41, 5.74) is 1.46. The van der Waals surface area contributed by atoms with Gasteiger partial charge in [-0.25, -0.2) is 4.98 Å². The third-order valence-electron chi connectivity index (χ3n) is 4.12. The highest BCUT2D eigenvalue weighted by atomic mass is 32.1. The number of nitrogens with zero attached hydrogens (tertiary/aromatic N) is 2. The molecule has 0 spiro atoms. The molecule has 1 aliphatic carbocycles. The molecule has 19 heavy (non-hydrogen) atoms. The Morgan fingerprint density at radius 1 is 1.63 bits per heavy atom. The van der Waals surface area contributed by atoms with Crippen LogP contribution in [0.5, 0.6) is 0 Å². The first-order valence-electron chi connectivity index (χ1n) is 6.69. The number of nitrogens with one attached hydrogen (secondary N) is 2. The fourth-order valence-corrected chi connectivity index (χ4v) is 3.82. The van der Waals surface area contributed by atoms with Crippen molar-refractivity contribution in [1.29, 1.82) is 0 Å². The molecule has 2 aromatic rings. The van der Waals surface area contributed by atoms with E-state index < -0.39 is 0 Å². The maximum atomic E-state index is 12.3. The van der Waals surface area contributed by atoms with Gasteiger partial charge >= 0.3 is 0 Å². The molecular weight excluding hydrogens is 260 g/mol. The predicted molar refractivity (Wildman–Crippen MR) is 73.6 cm³/mol. The number of aromatic nitrogens is 2. The zero-order valence-electron chi connectivity index (χ0n) is 10.7. The minimum Gasteiger partial charge on any atom is -0.349 e. The molecule has 2 N–H and O–H groups in total. The summed E-state index contributed by atoms with van der Waals surface area (Å²) in [6.45, 7) is 2.60. The van der Waals surface area contributed by atoms with Crippen LogP contribution in [0.2, 0.25) is 0 Å². The van der Waals surface area contributed by atoms with Crippen LogP contribution in [-0.4, -0.2) is 33.9 Å². The van der Waals surface area contributed by atoms with Gasteiger partial charge in [-0.3, -0.25) is 9.20 Å². The Labute approximate surface area is 115 Å². The van der Waals surface area contributed by atoms with Crippen molar-refractivity contribution in [3.05, 3.63) is 23.0 Å². The van der Waals surface area contributed by atoms with Gasteiger partial charge in [0.05, 0.1) is 5.69 Å². The Kier molecular flexibility index (Phi) is 2.43. The number of piperidine rings is 1. The van der Waals surface area contributed by atoms with Crippen LogP contribution in [0.4, 0.5) is 0 Å². The molecule has 0 aromatic carbocycles. The second-order valence-electron chi connectivity index (χ2n) is 5.51. The third kappa shape index (κ3) is 1.86. The molecule has 1 amide bonds. The standard InChI is InChI=1S/C13H16N4OS/c1-7-11(17-2-3-19-13(17)15-7)12(18)14-6-9-4-8-5-10(8)16-9/h2-3,8-10,16H,4-6H2,1H3,(H,14,18)/t8?,9?,10-/m0/s1. The van der Waals surface area contributed by atoms with Gasteiger partial charge in [0.2, 0.25) is 0 Å². The quantitative estimate of drug-likeness (QED) is 0.885. The fourth-order valence-electron chi connectivity index (χ4n) is 3.06. The van der Waals surface area contributed by atoms with Gasteiger partial charge in [-0.05, 0) is 25.7 Å². The number of carbonyl (C=O) groups is 1. The van der Waals surface area contributed by atoms with Crippen LogP contribution < -0.4 is 10.6 Å². The Bertz CT molecular complexity index is 636. The van der Waals surface area contributed by atoms with E-state index in [0.29, 0.717) is 18.3 Å². The van der Waals surface area contributed by atoms with Crippen molar-refractivity contribution in [2.24, 2.45) is 5.92 Å². The molecule has 1 aliphatic heterocycles. The van der Waals surface area contributed by atoms with Crippen molar-refractivity contribution < 1.29 is 4.79 Å². The Balaban J connectivity index is 1.47. The number of rotatable bonds is 3. The highest BCUT2D eigenvalue weighted by molar-refractivity contribution is 7.15. The minimum absolute atomic E-state index is 0.0224. The first kappa shape index (κ1) is 11.4. The molecule has 2 aliphatic rings. The largest absolute Gasteiger partial charge is 0.349 e. The van der Waals surface area contributed by atoms with E-state index in [0.717, 1.165) is 22.6 Å². The highest BCUT2D eigenvalue weighted by Gasteiger charge is 2.45. The van der Waals surface area contributed by atoms with Crippen LogP contribution in [-0.2, 0) is 0 Å². The van der Waals surface area contributed by atoms with E-state index in [2.05, 4.69) is 15.6 Å². The van der Waals surface area contributed by atoms with Crippen molar-refractivity contribution in [1.82, 2.24) is 20.0 Å². The lowest BCUT2D eigenvalue weighted by Crippen LogP contribution is -2.39. The van der Waals surface area contributed by atoms with E-state index in [4.69, 9.17) is 0 Å². The summed E-state index contributed by atoms with van der Waals surface area (Å²) in [4.78, 5) is 17.6. The average Bonchev–Trinajstić information content (AvgIpc) is 2.78. The summed E-state index contributed by atoms with van der Waals surface area (Å²) >= 11 is 1.55. The molecule has 2 unspecified atom stereocenters. The normalized spacial score (nSPS) is 28.6. The van der Waals surface area contributed by atoms with Crippen molar-refractivity contribution in [3.63, 3.8) is 0 Å². The Morgan fingerprint density at radius 2 is 2.53 bits per heavy atom. The number of carbonyl (C=O) groups excluding carboxylic acids is 1. The second kappa shape index (κ2) is 4.05. The maximum Gasteiger partial charge on any atom is 0.270 e. The van der Waals surface area contributed by atoms with Crippen molar-refractivity contribution in [3.8, 4) is 0 Å². The van der Waals surface area contributed by atoms with Crippen LogP contribution in [0.25, 0.3) is 4.96 Å². The van der Waals surface area contributed by atoms with E-state index in [1.165, 1.54) is 12.8 Å².